The number of likely N-dealkylation sites (N-methyl/N-ethyl adjacent to an activating group) is 1. The van der Waals surface area contributed by atoms with Crippen LogP contribution in [-0.2, 0) is 5.54 Å². The molecule has 0 aromatic carbocycles. The van der Waals surface area contributed by atoms with Crippen LogP contribution in [-0.4, -0.2) is 52.9 Å². The molecule has 132 valence electrons. The van der Waals surface area contributed by atoms with Gasteiger partial charge in [-0.1, -0.05) is 20.8 Å². The molecule has 1 aliphatic rings. The molecule has 2 heterocycles. The minimum Gasteiger partial charge on any atom is -0.326 e. The van der Waals surface area contributed by atoms with E-state index < -0.39 is 0 Å². The number of hydrogen-bond donors (Lipinski definition) is 2. The normalized spacial score (nSPS) is 24.1. The van der Waals surface area contributed by atoms with Crippen LogP contribution in [0.4, 0.5) is 0 Å². The standard InChI is InChI=1S/C17H34N6/c1-7-17(5,6)23-16(18-19-20-23)15(13-14(3)4)22-11-9-21(8-2)10-12-22/h14-15H,7-13H2,1-6H3/p+2/t15-/m1/s1. The van der Waals surface area contributed by atoms with Crippen LogP contribution in [0.5, 0.6) is 0 Å². The maximum atomic E-state index is 4.47. The number of piperazine rings is 1. The number of rotatable bonds is 7. The summed E-state index contributed by atoms with van der Waals surface area (Å²) in [4.78, 5) is 3.39. The van der Waals surface area contributed by atoms with E-state index >= 15 is 0 Å². The number of aromatic nitrogens is 4. The average molecular weight is 325 g/mol. The van der Waals surface area contributed by atoms with Crippen LogP contribution < -0.4 is 9.80 Å². The maximum Gasteiger partial charge on any atom is 0.209 e. The van der Waals surface area contributed by atoms with Gasteiger partial charge in [-0.2, -0.15) is 0 Å². The zero-order valence-corrected chi connectivity index (χ0v) is 15.9. The fourth-order valence-corrected chi connectivity index (χ4v) is 3.54. The lowest BCUT2D eigenvalue weighted by molar-refractivity contribution is -1.03. The summed E-state index contributed by atoms with van der Waals surface area (Å²) < 4.78 is 2.09. The Labute approximate surface area is 141 Å². The summed E-state index contributed by atoms with van der Waals surface area (Å²) in [6.45, 7) is 19.8. The Bertz CT molecular complexity index is 473. The SMILES string of the molecule is CC[NH+]1CC[NH+]([C@H](CC(C)C)c2nnnn2C(C)(C)CC)CC1. The highest BCUT2D eigenvalue weighted by atomic mass is 15.6. The molecule has 0 radical (unpaired) electrons. The molecule has 1 fully saturated rings. The molecule has 6 nitrogen and oxygen atoms in total. The second-order valence-corrected chi connectivity index (χ2v) is 8.06. The predicted molar refractivity (Wildman–Crippen MR) is 91.6 cm³/mol. The van der Waals surface area contributed by atoms with Crippen molar-refractivity contribution < 1.29 is 9.80 Å². The highest BCUT2D eigenvalue weighted by Crippen LogP contribution is 2.24. The van der Waals surface area contributed by atoms with Crippen LogP contribution in [0.2, 0.25) is 0 Å². The minimum absolute atomic E-state index is 0.0238. The first-order valence-corrected chi connectivity index (χ1v) is 9.35. The van der Waals surface area contributed by atoms with Gasteiger partial charge in [0.2, 0.25) is 5.82 Å². The van der Waals surface area contributed by atoms with Crippen molar-refractivity contribution in [2.75, 3.05) is 32.7 Å². The van der Waals surface area contributed by atoms with Crippen molar-refractivity contribution in [1.29, 1.82) is 0 Å². The molecule has 1 aliphatic heterocycles. The number of nitrogens with one attached hydrogen (secondary N) is 2. The number of quaternary nitrogens is 2. The quantitative estimate of drug-likeness (QED) is 0.725. The second-order valence-electron chi connectivity index (χ2n) is 8.06. The molecule has 0 bridgehead atoms. The highest BCUT2D eigenvalue weighted by molar-refractivity contribution is 4.93. The van der Waals surface area contributed by atoms with E-state index in [2.05, 4.69) is 61.7 Å². The van der Waals surface area contributed by atoms with Gasteiger partial charge in [0.15, 0.2) is 6.04 Å². The van der Waals surface area contributed by atoms with Gasteiger partial charge in [0.25, 0.3) is 0 Å². The summed E-state index contributed by atoms with van der Waals surface area (Å²) in [7, 11) is 0. The monoisotopic (exact) mass is 324 g/mol. The zero-order chi connectivity index (χ0) is 17.0. The lowest BCUT2D eigenvalue weighted by Crippen LogP contribution is -3.28. The van der Waals surface area contributed by atoms with Gasteiger partial charge in [0, 0.05) is 6.42 Å². The molecule has 0 unspecified atom stereocenters. The Hall–Kier alpha value is -1.01. The van der Waals surface area contributed by atoms with E-state index in [9.17, 15) is 0 Å². The fourth-order valence-electron chi connectivity index (χ4n) is 3.54. The van der Waals surface area contributed by atoms with E-state index in [0.717, 1.165) is 18.7 Å². The Morgan fingerprint density at radius 3 is 2.30 bits per heavy atom. The molecule has 1 atom stereocenters. The van der Waals surface area contributed by atoms with Gasteiger partial charge >= 0.3 is 0 Å². The van der Waals surface area contributed by atoms with Crippen molar-refractivity contribution in [1.82, 2.24) is 20.2 Å². The van der Waals surface area contributed by atoms with E-state index in [1.165, 1.54) is 32.7 Å². The molecule has 1 aromatic rings. The Kier molecular flexibility index (Phi) is 6.14. The molecule has 1 saturated heterocycles. The van der Waals surface area contributed by atoms with Gasteiger partial charge in [-0.25, -0.2) is 4.68 Å². The maximum absolute atomic E-state index is 4.47. The second kappa shape index (κ2) is 7.71. The summed E-state index contributed by atoms with van der Waals surface area (Å²) in [5, 5.41) is 12.9. The topological polar surface area (TPSA) is 52.5 Å². The van der Waals surface area contributed by atoms with Crippen molar-refractivity contribution in [3.63, 3.8) is 0 Å². The molecule has 0 aliphatic carbocycles. The van der Waals surface area contributed by atoms with Crippen LogP contribution in [0.15, 0.2) is 0 Å². The smallest absolute Gasteiger partial charge is 0.209 e. The number of tetrazole rings is 1. The predicted octanol–water partition coefficient (Wildman–Crippen LogP) is -0.291. The summed E-state index contributed by atoms with van der Waals surface area (Å²) >= 11 is 0. The molecule has 0 amide bonds. The first-order valence-electron chi connectivity index (χ1n) is 9.35. The summed E-state index contributed by atoms with van der Waals surface area (Å²) in [6.07, 6.45) is 2.18. The van der Waals surface area contributed by atoms with Crippen molar-refractivity contribution in [3.05, 3.63) is 5.82 Å². The van der Waals surface area contributed by atoms with E-state index in [1.54, 1.807) is 9.80 Å². The lowest BCUT2D eigenvalue weighted by Gasteiger charge is -2.35. The molecule has 2 N–H and O–H groups in total. The summed E-state index contributed by atoms with van der Waals surface area (Å²) in [5.41, 5.74) is -0.0238. The number of nitrogens with zero attached hydrogens (tertiary/aromatic N) is 4. The molecule has 6 heteroatoms. The zero-order valence-electron chi connectivity index (χ0n) is 15.9. The Morgan fingerprint density at radius 2 is 1.78 bits per heavy atom. The third-order valence-corrected chi connectivity index (χ3v) is 5.54. The molecule has 23 heavy (non-hydrogen) atoms. The minimum atomic E-state index is -0.0238. The van der Waals surface area contributed by atoms with E-state index in [0.29, 0.717) is 12.0 Å². The first kappa shape index (κ1) is 18.3. The van der Waals surface area contributed by atoms with Gasteiger partial charge in [0.1, 0.15) is 26.2 Å². The van der Waals surface area contributed by atoms with Crippen LogP contribution in [0.25, 0.3) is 0 Å². The van der Waals surface area contributed by atoms with Gasteiger partial charge in [-0.15, -0.1) is 5.10 Å². The Morgan fingerprint density at radius 1 is 1.13 bits per heavy atom. The molecule has 1 aromatic heterocycles. The van der Waals surface area contributed by atoms with Crippen LogP contribution in [0, 0.1) is 5.92 Å². The molecule has 0 saturated carbocycles. The van der Waals surface area contributed by atoms with E-state index in [4.69, 9.17) is 0 Å². The van der Waals surface area contributed by atoms with E-state index in [-0.39, 0.29) is 5.54 Å². The van der Waals surface area contributed by atoms with Crippen molar-refractivity contribution >= 4 is 0 Å². The van der Waals surface area contributed by atoms with Crippen LogP contribution >= 0.6 is 0 Å². The largest absolute Gasteiger partial charge is 0.326 e. The molecular formula is C17H36N6+2. The third kappa shape index (κ3) is 4.29. The van der Waals surface area contributed by atoms with Crippen LogP contribution in [0.1, 0.15) is 66.3 Å². The number of hydrogen-bond acceptors (Lipinski definition) is 3. The van der Waals surface area contributed by atoms with Gasteiger partial charge in [-0.3, -0.25) is 0 Å². The summed E-state index contributed by atoms with van der Waals surface area (Å²) in [6, 6.07) is 0.411. The highest BCUT2D eigenvalue weighted by Gasteiger charge is 2.36. The van der Waals surface area contributed by atoms with Crippen molar-refractivity contribution in [2.45, 2.75) is 66.0 Å². The Balaban J connectivity index is 2.25. The molecular weight excluding hydrogens is 288 g/mol. The average Bonchev–Trinajstić information content (AvgIpc) is 3.03. The van der Waals surface area contributed by atoms with Crippen LogP contribution in [0.3, 0.4) is 0 Å². The molecule has 0 spiro atoms. The van der Waals surface area contributed by atoms with Crippen molar-refractivity contribution in [2.24, 2.45) is 5.92 Å². The lowest BCUT2D eigenvalue weighted by atomic mass is 9.98. The van der Waals surface area contributed by atoms with Gasteiger partial charge in [0.05, 0.1) is 12.1 Å². The van der Waals surface area contributed by atoms with Gasteiger partial charge < -0.3 is 9.80 Å². The first-order chi connectivity index (χ1) is 10.9. The fraction of sp³-hybridized carbons (Fsp3) is 0.941. The van der Waals surface area contributed by atoms with E-state index in [1.807, 2.05) is 0 Å². The molecule has 2 rings (SSSR count). The third-order valence-electron chi connectivity index (χ3n) is 5.54. The van der Waals surface area contributed by atoms with Gasteiger partial charge in [-0.05, 0) is 43.5 Å². The van der Waals surface area contributed by atoms with Crippen molar-refractivity contribution in [3.8, 4) is 0 Å². The summed E-state index contributed by atoms with van der Waals surface area (Å²) in [5.74, 6) is 1.74.